The van der Waals surface area contributed by atoms with Crippen molar-refractivity contribution in [3.63, 3.8) is 0 Å². The Kier molecular flexibility index (Phi) is 6.39. The SMILES string of the molecule is CCOCCCN1C(=O)CSC1c1ccc(OC)cc1OC. The topological polar surface area (TPSA) is 48.0 Å². The monoisotopic (exact) mass is 325 g/mol. The first-order chi connectivity index (χ1) is 10.7. The fourth-order valence-corrected chi connectivity index (χ4v) is 3.70. The van der Waals surface area contributed by atoms with Gasteiger partial charge in [0.25, 0.3) is 0 Å². The van der Waals surface area contributed by atoms with E-state index < -0.39 is 0 Å². The van der Waals surface area contributed by atoms with Crippen LogP contribution in [-0.2, 0) is 9.53 Å². The van der Waals surface area contributed by atoms with Crippen molar-refractivity contribution in [2.45, 2.75) is 18.7 Å². The van der Waals surface area contributed by atoms with Crippen molar-refractivity contribution >= 4 is 17.7 Å². The van der Waals surface area contributed by atoms with Gasteiger partial charge in [-0.05, 0) is 25.5 Å². The molecule has 6 heteroatoms. The highest BCUT2D eigenvalue weighted by Gasteiger charge is 2.34. The van der Waals surface area contributed by atoms with Crippen LogP contribution in [-0.4, -0.2) is 50.5 Å². The fourth-order valence-electron chi connectivity index (χ4n) is 2.46. The lowest BCUT2D eigenvalue weighted by atomic mass is 10.1. The van der Waals surface area contributed by atoms with Crippen molar-refractivity contribution in [1.82, 2.24) is 4.90 Å². The average molecular weight is 325 g/mol. The summed E-state index contributed by atoms with van der Waals surface area (Å²) < 4.78 is 16.1. The lowest BCUT2D eigenvalue weighted by molar-refractivity contribution is -0.128. The number of amides is 1. The van der Waals surface area contributed by atoms with Gasteiger partial charge in [-0.15, -0.1) is 11.8 Å². The minimum absolute atomic E-state index is 0.00465. The van der Waals surface area contributed by atoms with E-state index in [1.807, 2.05) is 30.0 Å². The minimum atomic E-state index is -0.00465. The second kappa shape index (κ2) is 8.29. The maximum Gasteiger partial charge on any atom is 0.233 e. The first kappa shape index (κ1) is 17.0. The second-order valence-corrected chi connectivity index (χ2v) is 5.98. The van der Waals surface area contributed by atoms with Crippen molar-refractivity contribution in [1.29, 1.82) is 0 Å². The molecule has 1 aromatic carbocycles. The number of rotatable bonds is 8. The van der Waals surface area contributed by atoms with Gasteiger partial charge in [0.05, 0.1) is 20.0 Å². The lowest BCUT2D eigenvalue weighted by Gasteiger charge is -2.25. The van der Waals surface area contributed by atoms with Crippen LogP contribution in [0.3, 0.4) is 0 Å². The summed E-state index contributed by atoms with van der Waals surface area (Å²) in [5.41, 5.74) is 1.01. The molecule has 22 heavy (non-hydrogen) atoms. The Hall–Kier alpha value is -1.40. The van der Waals surface area contributed by atoms with Crippen LogP contribution in [0.15, 0.2) is 18.2 Å². The summed E-state index contributed by atoms with van der Waals surface area (Å²) in [4.78, 5) is 14.1. The van der Waals surface area contributed by atoms with Crippen molar-refractivity contribution in [3.8, 4) is 11.5 Å². The molecule has 1 aliphatic heterocycles. The third-order valence-electron chi connectivity index (χ3n) is 3.57. The molecule has 1 atom stereocenters. The number of carbonyl (C=O) groups excluding carboxylic acids is 1. The molecule has 1 unspecified atom stereocenters. The molecule has 0 bridgehead atoms. The molecule has 0 aliphatic carbocycles. The number of benzene rings is 1. The Morgan fingerprint density at radius 1 is 1.32 bits per heavy atom. The van der Waals surface area contributed by atoms with Crippen LogP contribution in [0.2, 0.25) is 0 Å². The summed E-state index contributed by atoms with van der Waals surface area (Å²) in [6.07, 6.45) is 0.842. The molecule has 1 saturated heterocycles. The molecule has 1 fully saturated rings. The molecular formula is C16H23NO4S. The van der Waals surface area contributed by atoms with E-state index in [4.69, 9.17) is 14.2 Å². The largest absolute Gasteiger partial charge is 0.497 e. The van der Waals surface area contributed by atoms with Gasteiger partial charge in [-0.2, -0.15) is 0 Å². The molecule has 1 aliphatic rings. The molecule has 0 radical (unpaired) electrons. The van der Waals surface area contributed by atoms with E-state index in [1.54, 1.807) is 26.0 Å². The Morgan fingerprint density at radius 3 is 2.82 bits per heavy atom. The van der Waals surface area contributed by atoms with Gasteiger partial charge in [0.1, 0.15) is 16.9 Å². The number of thioether (sulfide) groups is 1. The van der Waals surface area contributed by atoms with Gasteiger partial charge in [0.2, 0.25) is 5.91 Å². The van der Waals surface area contributed by atoms with Crippen LogP contribution in [0, 0.1) is 0 Å². The predicted molar refractivity (Wildman–Crippen MR) is 87.6 cm³/mol. The fraction of sp³-hybridized carbons (Fsp3) is 0.562. The van der Waals surface area contributed by atoms with E-state index in [2.05, 4.69) is 0 Å². The van der Waals surface area contributed by atoms with Crippen molar-refractivity contribution in [2.75, 3.05) is 39.7 Å². The molecule has 1 amide bonds. The number of methoxy groups -OCH3 is 2. The molecule has 122 valence electrons. The first-order valence-electron chi connectivity index (χ1n) is 7.42. The molecular weight excluding hydrogens is 302 g/mol. The van der Waals surface area contributed by atoms with Gasteiger partial charge in [-0.25, -0.2) is 0 Å². The summed E-state index contributed by atoms with van der Waals surface area (Å²) in [7, 11) is 3.27. The predicted octanol–water partition coefficient (Wildman–Crippen LogP) is 2.70. The normalized spacial score (nSPS) is 17.9. The number of nitrogens with zero attached hydrogens (tertiary/aromatic N) is 1. The van der Waals surface area contributed by atoms with Gasteiger partial charge in [-0.3, -0.25) is 4.79 Å². The lowest BCUT2D eigenvalue weighted by Crippen LogP contribution is -2.30. The first-order valence-corrected chi connectivity index (χ1v) is 8.46. The van der Waals surface area contributed by atoms with Crippen LogP contribution in [0.5, 0.6) is 11.5 Å². The van der Waals surface area contributed by atoms with E-state index in [-0.39, 0.29) is 11.3 Å². The van der Waals surface area contributed by atoms with Crippen LogP contribution in [0.4, 0.5) is 0 Å². The quantitative estimate of drug-likeness (QED) is 0.688. The highest BCUT2D eigenvalue weighted by atomic mass is 32.2. The molecule has 0 N–H and O–H groups in total. The molecule has 0 aromatic heterocycles. The highest BCUT2D eigenvalue weighted by Crippen LogP contribution is 2.43. The van der Waals surface area contributed by atoms with E-state index in [1.165, 1.54) is 0 Å². The van der Waals surface area contributed by atoms with Crippen LogP contribution >= 0.6 is 11.8 Å². The van der Waals surface area contributed by atoms with Gasteiger partial charge >= 0.3 is 0 Å². The van der Waals surface area contributed by atoms with Gasteiger partial charge < -0.3 is 19.1 Å². The molecule has 1 aromatic rings. The van der Waals surface area contributed by atoms with Crippen LogP contribution in [0.1, 0.15) is 24.3 Å². The second-order valence-electron chi connectivity index (χ2n) is 4.91. The van der Waals surface area contributed by atoms with Gasteiger partial charge in [0, 0.05) is 31.4 Å². The molecule has 0 saturated carbocycles. The van der Waals surface area contributed by atoms with Crippen molar-refractivity contribution in [3.05, 3.63) is 23.8 Å². The Morgan fingerprint density at radius 2 is 2.14 bits per heavy atom. The zero-order valence-corrected chi connectivity index (χ0v) is 14.1. The highest BCUT2D eigenvalue weighted by molar-refractivity contribution is 8.00. The van der Waals surface area contributed by atoms with E-state index in [9.17, 15) is 4.79 Å². The molecule has 5 nitrogen and oxygen atoms in total. The summed E-state index contributed by atoms with van der Waals surface area (Å²) >= 11 is 1.63. The van der Waals surface area contributed by atoms with Crippen molar-refractivity contribution < 1.29 is 19.0 Å². The smallest absolute Gasteiger partial charge is 0.233 e. The Labute approximate surface area is 135 Å². The Balaban J connectivity index is 2.13. The van der Waals surface area contributed by atoms with Crippen LogP contribution < -0.4 is 9.47 Å². The molecule has 0 spiro atoms. The zero-order valence-electron chi connectivity index (χ0n) is 13.3. The van der Waals surface area contributed by atoms with E-state index in [0.29, 0.717) is 25.5 Å². The van der Waals surface area contributed by atoms with E-state index >= 15 is 0 Å². The van der Waals surface area contributed by atoms with Gasteiger partial charge in [0.15, 0.2) is 0 Å². The van der Waals surface area contributed by atoms with Crippen molar-refractivity contribution in [2.24, 2.45) is 0 Å². The standard InChI is InChI=1S/C16H23NO4S/c1-4-21-9-5-8-17-15(18)11-22-16(17)13-7-6-12(19-2)10-14(13)20-3/h6-7,10,16H,4-5,8-9,11H2,1-3H3. The summed E-state index contributed by atoms with van der Waals surface area (Å²) in [5, 5.41) is -0.00465. The average Bonchev–Trinajstić information content (AvgIpc) is 2.91. The summed E-state index contributed by atoms with van der Waals surface area (Å²) in [6, 6.07) is 5.74. The van der Waals surface area contributed by atoms with Gasteiger partial charge in [-0.1, -0.05) is 0 Å². The van der Waals surface area contributed by atoms with Crippen LogP contribution in [0.25, 0.3) is 0 Å². The summed E-state index contributed by atoms with van der Waals surface area (Å²) in [6.45, 7) is 4.06. The zero-order chi connectivity index (χ0) is 15.9. The Bertz CT molecular complexity index is 509. The maximum atomic E-state index is 12.1. The number of carbonyl (C=O) groups is 1. The minimum Gasteiger partial charge on any atom is -0.497 e. The summed E-state index contributed by atoms with van der Waals surface area (Å²) in [5.74, 6) is 2.18. The molecule has 1 heterocycles. The molecule has 2 rings (SSSR count). The number of ether oxygens (including phenoxy) is 3. The third kappa shape index (κ3) is 3.87. The number of hydrogen-bond acceptors (Lipinski definition) is 5. The maximum absolute atomic E-state index is 12.1. The third-order valence-corrected chi connectivity index (χ3v) is 4.80. The van der Waals surface area contributed by atoms with E-state index in [0.717, 1.165) is 23.5 Å². The number of hydrogen-bond donors (Lipinski definition) is 0.